The molecule has 2 saturated heterocycles. The van der Waals surface area contributed by atoms with Crippen LogP contribution in [-0.4, -0.2) is 45.7 Å². The third-order valence-corrected chi connectivity index (χ3v) is 8.27. The molecule has 8 atom stereocenters. The molecule has 5 heteroatoms. The molecule has 5 fully saturated rings. The molecule has 0 aromatic rings. The second-order valence-corrected chi connectivity index (χ2v) is 9.52. The van der Waals surface area contributed by atoms with E-state index in [1.54, 1.807) is 0 Å². The zero-order valence-corrected chi connectivity index (χ0v) is 14.7. The third-order valence-electron chi connectivity index (χ3n) is 8.27. The molecule has 2 aliphatic heterocycles. The highest BCUT2D eigenvalue weighted by molar-refractivity contribution is 6.05. The summed E-state index contributed by atoms with van der Waals surface area (Å²) in [5.74, 6) is -3.19. The largest absolute Gasteiger partial charge is 0.391 e. The Labute approximate surface area is 147 Å². The molecule has 6 aliphatic rings. The zero-order valence-electron chi connectivity index (χ0n) is 14.7. The van der Waals surface area contributed by atoms with Gasteiger partial charge in [0.25, 0.3) is 0 Å². The van der Waals surface area contributed by atoms with Crippen LogP contribution >= 0.6 is 0 Å². The minimum atomic E-state index is -2.05. The molecule has 4 bridgehead atoms. The summed E-state index contributed by atoms with van der Waals surface area (Å²) in [6.07, 6.45) is 4.15. The number of aliphatic hydroxyl groups excluding tert-OH is 2. The molecule has 1 unspecified atom stereocenters. The number of ketones is 1. The standard InChI is InChI=1S/C20H26O5/c1-10-11-5-6-12-18-8-4-7-17(2,3)13(18)16(23)20(24,25-9-18)19(12,14(10)21)15(11)22/h4,8,11-13,15-16,22-24H,1,5-7,9H2,2-3H3/t11-,12-,13?,15+,16-,18+,19-,20+/m0/s1. The van der Waals surface area contributed by atoms with Crippen LogP contribution in [-0.2, 0) is 9.53 Å². The molecular formula is C20H26O5. The first-order chi connectivity index (χ1) is 11.6. The number of allylic oxidation sites excluding steroid dienone is 1. The Kier molecular flexibility index (Phi) is 2.77. The maximum Gasteiger partial charge on any atom is 0.208 e. The molecule has 5 nitrogen and oxygen atoms in total. The molecule has 2 heterocycles. The van der Waals surface area contributed by atoms with Crippen LogP contribution in [0.5, 0.6) is 0 Å². The molecule has 6 rings (SSSR count). The van der Waals surface area contributed by atoms with Crippen LogP contribution in [0.15, 0.2) is 24.3 Å². The number of hydrogen-bond donors (Lipinski definition) is 3. The lowest BCUT2D eigenvalue weighted by Gasteiger charge is -2.72. The smallest absolute Gasteiger partial charge is 0.208 e. The van der Waals surface area contributed by atoms with E-state index in [9.17, 15) is 20.1 Å². The van der Waals surface area contributed by atoms with E-state index in [2.05, 4.69) is 32.6 Å². The van der Waals surface area contributed by atoms with E-state index in [1.165, 1.54) is 0 Å². The van der Waals surface area contributed by atoms with Gasteiger partial charge in [-0.1, -0.05) is 32.6 Å². The Morgan fingerprint density at radius 2 is 1.96 bits per heavy atom. The van der Waals surface area contributed by atoms with Gasteiger partial charge in [0.1, 0.15) is 11.5 Å². The van der Waals surface area contributed by atoms with Crippen molar-refractivity contribution in [3.05, 3.63) is 24.3 Å². The molecule has 25 heavy (non-hydrogen) atoms. The summed E-state index contributed by atoms with van der Waals surface area (Å²) in [5.41, 5.74) is -1.90. The molecular weight excluding hydrogens is 320 g/mol. The van der Waals surface area contributed by atoms with Crippen molar-refractivity contribution in [3.8, 4) is 0 Å². The molecule has 3 N–H and O–H groups in total. The lowest BCUT2D eigenvalue weighted by molar-refractivity contribution is -0.436. The van der Waals surface area contributed by atoms with Gasteiger partial charge in [0.05, 0.1) is 12.7 Å². The maximum absolute atomic E-state index is 13.3. The third kappa shape index (κ3) is 1.37. The van der Waals surface area contributed by atoms with Crippen molar-refractivity contribution in [2.24, 2.45) is 34.0 Å². The van der Waals surface area contributed by atoms with E-state index in [-0.39, 0.29) is 35.6 Å². The van der Waals surface area contributed by atoms with Gasteiger partial charge in [0.15, 0.2) is 5.78 Å². The maximum atomic E-state index is 13.3. The van der Waals surface area contributed by atoms with E-state index in [0.717, 1.165) is 12.8 Å². The predicted molar refractivity (Wildman–Crippen MR) is 89.2 cm³/mol. The minimum Gasteiger partial charge on any atom is -0.391 e. The summed E-state index contributed by atoms with van der Waals surface area (Å²) in [6.45, 7) is 8.38. The van der Waals surface area contributed by atoms with Gasteiger partial charge < -0.3 is 20.1 Å². The Bertz CT molecular complexity index is 726. The first-order valence-corrected chi connectivity index (χ1v) is 9.28. The number of ether oxygens (including phenoxy) is 1. The molecule has 136 valence electrons. The van der Waals surface area contributed by atoms with Crippen LogP contribution in [0.4, 0.5) is 0 Å². The zero-order chi connectivity index (χ0) is 18.0. The van der Waals surface area contributed by atoms with Gasteiger partial charge in [0.2, 0.25) is 5.79 Å². The van der Waals surface area contributed by atoms with Crippen LogP contribution in [0, 0.1) is 34.0 Å². The monoisotopic (exact) mass is 346 g/mol. The second-order valence-electron chi connectivity index (χ2n) is 9.52. The van der Waals surface area contributed by atoms with E-state index in [0.29, 0.717) is 12.0 Å². The van der Waals surface area contributed by atoms with Gasteiger partial charge >= 0.3 is 0 Å². The van der Waals surface area contributed by atoms with Crippen molar-refractivity contribution in [1.29, 1.82) is 0 Å². The first-order valence-electron chi connectivity index (χ1n) is 9.28. The molecule has 0 aromatic carbocycles. The summed E-state index contributed by atoms with van der Waals surface area (Å²) in [6, 6.07) is 0. The lowest BCUT2D eigenvalue weighted by Crippen LogP contribution is -2.83. The van der Waals surface area contributed by atoms with E-state index in [1.807, 2.05) is 0 Å². The molecule has 4 aliphatic carbocycles. The summed E-state index contributed by atoms with van der Waals surface area (Å²) in [7, 11) is 0. The van der Waals surface area contributed by atoms with Crippen LogP contribution in [0.2, 0.25) is 0 Å². The summed E-state index contributed by atoms with van der Waals surface area (Å²) < 4.78 is 5.84. The van der Waals surface area contributed by atoms with Gasteiger partial charge in [-0.2, -0.15) is 0 Å². The second kappa shape index (κ2) is 4.28. The van der Waals surface area contributed by atoms with E-state index in [4.69, 9.17) is 4.74 Å². The summed E-state index contributed by atoms with van der Waals surface area (Å²) in [4.78, 5) is 13.3. The topological polar surface area (TPSA) is 87.0 Å². The van der Waals surface area contributed by atoms with Crippen molar-refractivity contribution >= 4 is 5.78 Å². The highest BCUT2D eigenvalue weighted by Crippen LogP contribution is 2.75. The Hall–Kier alpha value is -1.01. The predicted octanol–water partition coefficient (Wildman–Crippen LogP) is 1.18. The van der Waals surface area contributed by atoms with Gasteiger partial charge in [-0.3, -0.25) is 4.79 Å². The fourth-order valence-electron chi connectivity index (χ4n) is 7.41. The Balaban J connectivity index is 1.82. The molecule has 0 radical (unpaired) electrons. The Morgan fingerprint density at radius 1 is 1.24 bits per heavy atom. The van der Waals surface area contributed by atoms with Gasteiger partial charge in [0, 0.05) is 17.3 Å². The van der Waals surface area contributed by atoms with Gasteiger partial charge in [-0.25, -0.2) is 0 Å². The van der Waals surface area contributed by atoms with Gasteiger partial charge in [-0.05, 0) is 36.2 Å². The Morgan fingerprint density at radius 3 is 2.68 bits per heavy atom. The molecule has 0 amide bonds. The van der Waals surface area contributed by atoms with Crippen LogP contribution in [0.1, 0.15) is 33.1 Å². The number of aliphatic hydroxyl groups is 3. The van der Waals surface area contributed by atoms with Crippen molar-refractivity contribution in [2.75, 3.05) is 6.61 Å². The number of rotatable bonds is 0. The molecule has 0 aromatic heterocycles. The van der Waals surface area contributed by atoms with E-state index >= 15 is 0 Å². The van der Waals surface area contributed by atoms with Crippen molar-refractivity contribution in [1.82, 2.24) is 0 Å². The average Bonchev–Trinajstić information content (AvgIpc) is 2.66. The first kappa shape index (κ1) is 16.2. The lowest BCUT2D eigenvalue weighted by atomic mass is 9.37. The van der Waals surface area contributed by atoms with Crippen molar-refractivity contribution in [3.63, 3.8) is 0 Å². The average molecular weight is 346 g/mol. The summed E-state index contributed by atoms with van der Waals surface area (Å²) in [5, 5.41) is 33.9. The number of fused-ring (bicyclic) bond motifs is 2. The quantitative estimate of drug-likeness (QED) is 0.453. The highest BCUT2D eigenvalue weighted by atomic mass is 16.6. The van der Waals surface area contributed by atoms with Crippen molar-refractivity contribution in [2.45, 2.75) is 51.1 Å². The minimum absolute atomic E-state index is 0.218. The SMILES string of the molecule is C=C1C(=O)[C@]23[C@H](O)[C@H]1CC[C@H]2[C@]12C=CCC(C)(C)C1[C@H](O)[C@@]3(O)OC2. The van der Waals surface area contributed by atoms with E-state index < -0.39 is 28.8 Å². The van der Waals surface area contributed by atoms with Crippen LogP contribution in [0.3, 0.4) is 0 Å². The molecule has 3 saturated carbocycles. The molecule has 2 spiro atoms. The van der Waals surface area contributed by atoms with Crippen molar-refractivity contribution < 1.29 is 24.9 Å². The van der Waals surface area contributed by atoms with Crippen LogP contribution in [0.25, 0.3) is 0 Å². The number of carbonyl (C=O) groups excluding carboxylic acids is 1. The number of Topliss-reactive ketones (excluding diaryl/α,β-unsaturated/α-hetero) is 1. The summed E-state index contributed by atoms with van der Waals surface area (Å²) >= 11 is 0. The van der Waals surface area contributed by atoms with Gasteiger partial charge in [-0.15, -0.1) is 0 Å². The highest BCUT2D eigenvalue weighted by Gasteiger charge is 2.85. The number of carbonyl (C=O) groups is 1. The fraction of sp³-hybridized carbons (Fsp3) is 0.750. The normalized spacial score (nSPS) is 58.2. The fourth-order valence-corrected chi connectivity index (χ4v) is 7.41. The number of hydrogen-bond acceptors (Lipinski definition) is 5. The van der Waals surface area contributed by atoms with Crippen LogP contribution < -0.4 is 0 Å².